The Bertz CT molecular complexity index is 1740. The second kappa shape index (κ2) is 13.9. The van der Waals surface area contributed by atoms with E-state index in [0.717, 1.165) is 5.56 Å². The summed E-state index contributed by atoms with van der Waals surface area (Å²) in [6.45, 7) is 1.81. The van der Waals surface area contributed by atoms with Gasteiger partial charge in [-0.05, 0) is 72.6 Å². The van der Waals surface area contributed by atoms with E-state index in [1.807, 2.05) is 6.92 Å². The SMILES string of the molecule is COC(=O)Oc1ccc(/C=N\NC(=O)c2ccccc2N(Cc2ccc(Cl)cc2)S(=O)(=O)c2ccc(C)cc2)cc1OC. The van der Waals surface area contributed by atoms with Crippen molar-refractivity contribution >= 4 is 45.6 Å². The molecule has 12 heteroatoms. The summed E-state index contributed by atoms with van der Waals surface area (Å²) in [4.78, 5) is 24.9. The molecule has 0 saturated heterocycles. The summed E-state index contributed by atoms with van der Waals surface area (Å²) in [5.74, 6) is -0.255. The molecule has 0 saturated carbocycles. The summed E-state index contributed by atoms with van der Waals surface area (Å²) in [5.41, 5.74) is 4.80. The van der Waals surface area contributed by atoms with Gasteiger partial charge in [-0.3, -0.25) is 9.10 Å². The fraction of sp³-hybridized carbons (Fsp3) is 0.129. The van der Waals surface area contributed by atoms with Gasteiger partial charge in [0.1, 0.15) is 0 Å². The predicted octanol–water partition coefficient (Wildman–Crippen LogP) is 5.96. The molecule has 0 aliphatic carbocycles. The summed E-state index contributed by atoms with van der Waals surface area (Å²) in [5, 5.41) is 4.54. The maximum Gasteiger partial charge on any atom is 0.513 e. The lowest BCUT2D eigenvalue weighted by Gasteiger charge is -2.26. The molecule has 4 aromatic carbocycles. The molecule has 10 nitrogen and oxygen atoms in total. The molecule has 0 atom stereocenters. The fourth-order valence-corrected chi connectivity index (χ4v) is 5.58. The van der Waals surface area contributed by atoms with Crippen molar-refractivity contribution in [2.75, 3.05) is 18.5 Å². The Morgan fingerprint density at radius 3 is 2.30 bits per heavy atom. The largest absolute Gasteiger partial charge is 0.513 e. The molecule has 0 unspecified atom stereocenters. The first-order chi connectivity index (χ1) is 20.6. The molecule has 0 fully saturated rings. The van der Waals surface area contributed by atoms with Crippen molar-refractivity contribution in [1.82, 2.24) is 5.43 Å². The zero-order valence-electron chi connectivity index (χ0n) is 23.5. The van der Waals surface area contributed by atoms with Gasteiger partial charge in [-0.1, -0.05) is 53.6 Å². The van der Waals surface area contributed by atoms with Crippen LogP contribution in [0.15, 0.2) is 101 Å². The lowest BCUT2D eigenvalue weighted by atomic mass is 10.1. The fourth-order valence-electron chi connectivity index (χ4n) is 3.98. The van der Waals surface area contributed by atoms with E-state index in [2.05, 4.69) is 15.3 Å². The number of hydrogen-bond donors (Lipinski definition) is 1. The molecule has 4 aromatic rings. The van der Waals surface area contributed by atoms with E-state index in [1.165, 1.54) is 49.0 Å². The van der Waals surface area contributed by atoms with Gasteiger partial charge >= 0.3 is 6.16 Å². The molecule has 43 heavy (non-hydrogen) atoms. The Hall–Kier alpha value is -4.87. The number of methoxy groups -OCH3 is 2. The van der Waals surface area contributed by atoms with E-state index in [1.54, 1.807) is 66.7 Å². The van der Waals surface area contributed by atoms with E-state index < -0.39 is 22.1 Å². The van der Waals surface area contributed by atoms with Crippen LogP contribution in [0, 0.1) is 6.92 Å². The van der Waals surface area contributed by atoms with Gasteiger partial charge in [0.15, 0.2) is 11.5 Å². The number of nitrogens with zero attached hydrogens (tertiary/aromatic N) is 2. The van der Waals surface area contributed by atoms with Crippen molar-refractivity contribution in [2.45, 2.75) is 18.4 Å². The normalized spacial score (nSPS) is 11.2. The Morgan fingerprint density at radius 1 is 0.930 bits per heavy atom. The highest BCUT2D eigenvalue weighted by molar-refractivity contribution is 7.92. The molecule has 0 aliphatic heterocycles. The van der Waals surface area contributed by atoms with Crippen LogP contribution in [0.3, 0.4) is 0 Å². The number of nitrogens with one attached hydrogen (secondary N) is 1. The number of carbonyl (C=O) groups is 2. The monoisotopic (exact) mass is 621 g/mol. The van der Waals surface area contributed by atoms with Gasteiger partial charge in [0.2, 0.25) is 0 Å². The third-order valence-electron chi connectivity index (χ3n) is 6.19. The summed E-state index contributed by atoms with van der Waals surface area (Å²) in [6.07, 6.45) is 0.458. The van der Waals surface area contributed by atoms with Gasteiger partial charge in [-0.25, -0.2) is 18.6 Å². The zero-order valence-corrected chi connectivity index (χ0v) is 25.1. The standard InChI is InChI=1S/C31H28ClN3O7S/c1-21-8-15-25(16-9-21)43(38,39)35(20-22-10-13-24(32)14-11-22)27-7-5-4-6-26(27)30(36)34-33-19-23-12-17-28(29(18-23)40-2)42-31(37)41-3/h4-19H,20H2,1-3H3,(H,34,36)/b33-19-. The van der Waals surface area contributed by atoms with Gasteiger partial charge < -0.3 is 14.2 Å². The quantitative estimate of drug-likeness (QED) is 0.100. The van der Waals surface area contributed by atoms with Crippen molar-refractivity contribution in [3.8, 4) is 11.5 Å². The van der Waals surface area contributed by atoms with Crippen molar-refractivity contribution in [2.24, 2.45) is 5.10 Å². The van der Waals surface area contributed by atoms with Gasteiger partial charge in [0, 0.05) is 5.02 Å². The first-order valence-electron chi connectivity index (χ1n) is 12.8. The Balaban J connectivity index is 1.64. The molecule has 0 aliphatic rings. The number of hydrazone groups is 1. The molecular weight excluding hydrogens is 594 g/mol. The van der Waals surface area contributed by atoms with Crippen molar-refractivity contribution in [1.29, 1.82) is 0 Å². The van der Waals surface area contributed by atoms with E-state index in [0.29, 0.717) is 16.1 Å². The highest BCUT2D eigenvalue weighted by Gasteiger charge is 2.28. The molecular formula is C31H28ClN3O7S. The molecule has 4 rings (SSSR count). The van der Waals surface area contributed by atoms with Crippen LogP contribution in [0.1, 0.15) is 27.0 Å². The molecule has 0 heterocycles. The molecule has 0 radical (unpaired) electrons. The molecule has 1 N–H and O–H groups in total. The number of hydrogen-bond acceptors (Lipinski definition) is 8. The van der Waals surface area contributed by atoms with Gasteiger partial charge in [-0.2, -0.15) is 5.10 Å². The second-order valence-electron chi connectivity index (χ2n) is 9.13. The summed E-state index contributed by atoms with van der Waals surface area (Å²) in [6, 6.07) is 24.3. The smallest absolute Gasteiger partial charge is 0.493 e. The van der Waals surface area contributed by atoms with Crippen LogP contribution in [0.25, 0.3) is 0 Å². The van der Waals surface area contributed by atoms with Gasteiger partial charge in [0.05, 0.1) is 43.1 Å². The van der Waals surface area contributed by atoms with Crippen LogP contribution >= 0.6 is 11.6 Å². The van der Waals surface area contributed by atoms with Crippen molar-refractivity contribution in [3.63, 3.8) is 0 Å². The Labute approximate surface area is 254 Å². The number of aryl methyl sites for hydroxylation is 1. The van der Waals surface area contributed by atoms with Crippen LogP contribution < -0.4 is 19.2 Å². The average molecular weight is 622 g/mol. The first kappa shape index (κ1) is 31.1. The van der Waals surface area contributed by atoms with Crippen LogP contribution in [0.5, 0.6) is 11.5 Å². The molecule has 0 bridgehead atoms. The lowest BCUT2D eigenvalue weighted by molar-refractivity contribution is 0.0955. The zero-order chi connectivity index (χ0) is 31.0. The minimum Gasteiger partial charge on any atom is -0.493 e. The third kappa shape index (κ3) is 7.70. The number of benzene rings is 4. The van der Waals surface area contributed by atoms with E-state index >= 15 is 0 Å². The number of anilines is 1. The van der Waals surface area contributed by atoms with Crippen molar-refractivity contribution in [3.05, 3.63) is 118 Å². The number of para-hydroxylation sites is 1. The van der Waals surface area contributed by atoms with Crippen LogP contribution in [-0.4, -0.2) is 40.9 Å². The number of carbonyl (C=O) groups excluding carboxylic acids is 2. The minimum atomic E-state index is -4.10. The second-order valence-corrected chi connectivity index (χ2v) is 11.4. The van der Waals surface area contributed by atoms with Crippen LogP contribution in [0.2, 0.25) is 5.02 Å². The number of sulfonamides is 1. The lowest BCUT2D eigenvalue weighted by Crippen LogP contribution is -2.33. The summed E-state index contributed by atoms with van der Waals surface area (Å²) in [7, 11) is -1.51. The molecule has 0 spiro atoms. The van der Waals surface area contributed by atoms with E-state index in [4.69, 9.17) is 21.1 Å². The van der Waals surface area contributed by atoms with E-state index in [-0.39, 0.29) is 34.2 Å². The van der Waals surface area contributed by atoms with Crippen LogP contribution in [-0.2, 0) is 21.3 Å². The van der Waals surface area contributed by atoms with Crippen LogP contribution in [0.4, 0.5) is 10.5 Å². The molecule has 222 valence electrons. The van der Waals surface area contributed by atoms with Gasteiger partial charge in [0.25, 0.3) is 15.9 Å². The minimum absolute atomic E-state index is 0.0548. The maximum absolute atomic E-state index is 14.0. The highest BCUT2D eigenvalue weighted by atomic mass is 35.5. The average Bonchev–Trinajstić information content (AvgIpc) is 3.01. The maximum atomic E-state index is 14.0. The number of rotatable bonds is 10. The van der Waals surface area contributed by atoms with Gasteiger partial charge in [-0.15, -0.1) is 0 Å². The van der Waals surface area contributed by atoms with E-state index in [9.17, 15) is 18.0 Å². The number of amides is 1. The number of halogens is 1. The highest BCUT2D eigenvalue weighted by Crippen LogP contribution is 2.30. The number of ether oxygens (including phenoxy) is 3. The summed E-state index contributed by atoms with van der Waals surface area (Å²) < 4.78 is 43.9. The third-order valence-corrected chi connectivity index (χ3v) is 8.22. The van der Waals surface area contributed by atoms with Crippen molar-refractivity contribution < 1.29 is 32.2 Å². The Morgan fingerprint density at radius 2 is 1.63 bits per heavy atom. The Kier molecular flexibility index (Phi) is 10.0. The first-order valence-corrected chi connectivity index (χ1v) is 14.6. The predicted molar refractivity (Wildman–Crippen MR) is 164 cm³/mol. The molecule has 0 aromatic heterocycles. The topological polar surface area (TPSA) is 124 Å². The molecule has 1 amide bonds. The summed E-state index contributed by atoms with van der Waals surface area (Å²) >= 11 is 6.05.